The fourth-order valence-electron chi connectivity index (χ4n) is 3.33. The first-order valence-corrected chi connectivity index (χ1v) is 7.24. The molecule has 4 heteroatoms. The molecule has 1 aromatic heterocycles. The second-order valence-corrected chi connectivity index (χ2v) is 5.76. The minimum absolute atomic E-state index is 0.129. The van der Waals surface area contributed by atoms with E-state index < -0.39 is 0 Å². The summed E-state index contributed by atoms with van der Waals surface area (Å²) in [5, 5.41) is 9.58. The molecule has 1 saturated heterocycles. The van der Waals surface area contributed by atoms with Gasteiger partial charge in [0.1, 0.15) is 0 Å². The van der Waals surface area contributed by atoms with Crippen LogP contribution in [0.2, 0.25) is 0 Å². The standard InChI is InChI=1S/C14H23N3O/c18-14-6-7-16(10-14)9-13-8-15-11-17(13)12-4-2-1-3-5-12/h8,11-12,14,18H,1-7,9-10H2/t14-/m1/s1. The zero-order valence-corrected chi connectivity index (χ0v) is 11.0. The summed E-state index contributed by atoms with van der Waals surface area (Å²) in [6.45, 7) is 2.76. The molecule has 0 unspecified atom stereocenters. The van der Waals surface area contributed by atoms with E-state index in [-0.39, 0.29) is 6.10 Å². The molecule has 18 heavy (non-hydrogen) atoms. The summed E-state index contributed by atoms with van der Waals surface area (Å²) in [5.74, 6) is 0. The number of hydrogen-bond donors (Lipinski definition) is 1. The summed E-state index contributed by atoms with van der Waals surface area (Å²) < 4.78 is 2.38. The topological polar surface area (TPSA) is 41.3 Å². The minimum atomic E-state index is -0.129. The lowest BCUT2D eigenvalue weighted by molar-refractivity contribution is 0.173. The van der Waals surface area contributed by atoms with Crippen LogP contribution in [0.25, 0.3) is 0 Å². The van der Waals surface area contributed by atoms with Crippen molar-refractivity contribution >= 4 is 0 Å². The molecular formula is C14H23N3O. The van der Waals surface area contributed by atoms with Crippen LogP contribution in [-0.2, 0) is 6.54 Å². The molecule has 0 amide bonds. The third-order valence-electron chi connectivity index (χ3n) is 4.35. The van der Waals surface area contributed by atoms with Gasteiger partial charge in [0, 0.05) is 31.9 Å². The summed E-state index contributed by atoms with van der Waals surface area (Å²) >= 11 is 0. The van der Waals surface area contributed by atoms with Crippen LogP contribution in [-0.4, -0.2) is 38.8 Å². The van der Waals surface area contributed by atoms with Gasteiger partial charge < -0.3 is 9.67 Å². The van der Waals surface area contributed by atoms with Gasteiger partial charge in [0.15, 0.2) is 0 Å². The van der Waals surface area contributed by atoms with Gasteiger partial charge in [-0.1, -0.05) is 19.3 Å². The lowest BCUT2D eigenvalue weighted by Gasteiger charge is -2.26. The number of likely N-dealkylation sites (tertiary alicyclic amines) is 1. The second kappa shape index (κ2) is 5.41. The van der Waals surface area contributed by atoms with Crippen molar-refractivity contribution in [1.29, 1.82) is 0 Å². The molecule has 1 atom stereocenters. The van der Waals surface area contributed by atoms with Crippen molar-refractivity contribution in [2.45, 2.75) is 57.2 Å². The number of β-amino-alcohol motifs (C(OH)–C–C–N with tert-alkyl or cyclic N) is 1. The third-order valence-corrected chi connectivity index (χ3v) is 4.35. The van der Waals surface area contributed by atoms with Gasteiger partial charge in [-0.2, -0.15) is 0 Å². The van der Waals surface area contributed by atoms with Crippen LogP contribution < -0.4 is 0 Å². The summed E-state index contributed by atoms with van der Waals surface area (Å²) in [6.07, 6.45) is 11.5. The summed E-state index contributed by atoms with van der Waals surface area (Å²) in [6, 6.07) is 0.656. The monoisotopic (exact) mass is 249 g/mol. The Labute approximate surface area is 109 Å². The van der Waals surface area contributed by atoms with E-state index in [0.717, 1.165) is 26.1 Å². The maximum absolute atomic E-state index is 9.58. The highest BCUT2D eigenvalue weighted by Crippen LogP contribution is 2.29. The number of nitrogens with zero attached hydrogens (tertiary/aromatic N) is 3. The van der Waals surface area contributed by atoms with Crippen LogP contribution in [0.1, 0.15) is 50.3 Å². The van der Waals surface area contributed by atoms with Crippen molar-refractivity contribution in [3.8, 4) is 0 Å². The van der Waals surface area contributed by atoms with Crippen molar-refractivity contribution in [1.82, 2.24) is 14.5 Å². The van der Waals surface area contributed by atoms with Gasteiger partial charge in [0.05, 0.1) is 18.1 Å². The van der Waals surface area contributed by atoms with Crippen molar-refractivity contribution < 1.29 is 5.11 Å². The number of imidazole rings is 1. The van der Waals surface area contributed by atoms with Crippen molar-refractivity contribution in [3.63, 3.8) is 0 Å². The van der Waals surface area contributed by atoms with E-state index in [4.69, 9.17) is 0 Å². The molecule has 1 N–H and O–H groups in total. The maximum Gasteiger partial charge on any atom is 0.0951 e. The average Bonchev–Trinajstić information content (AvgIpc) is 3.00. The first-order chi connectivity index (χ1) is 8.83. The van der Waals surface area contributed by atoms with E-state index in [1.165, 1.54) is 37.8 Å². The highest BCUT2D eigenvalue weighted by molar-refractivity contribution is 5.02. The number of hydrogen-bond acceptors (Lipinski definition) is 3. The van der Waals surface area contributed by atoms with Crippen LogP contribution in [0, 0.1) is 0 Å². The second-order valence-electron chi connectivity index (χ2n) is 5.76. The van der Waals surface area contributed by atoms with E-state index in [1.54, 1.807) is 0 Å². The van der Waals surface area contributed by atoms with E-state index in [2.05, 4.69) is 14.5 Å². The number of aliphatic hydroxyl groups excluding tert-OH is 1. The summed E-state index contributed by atoms with van der Waals surface area (Å²) in [7, 11) is 0. The first-order valence-electron chi connectivity index (χ1n) is 7.24. The Bertz CT molecular complexity index is 384. The molecule has 4 nitrogen and oxygen atoms in total. The predicted molar refractivity (Wildman–Crippen MR) is 70.2 cm³/mol. The first kappa shape index (κ1) is 12.2. The Morgan fingerprint density at radius 2 is 2.06 bits per heavy atom. The molecule has 2 heterocycles. The zero-order valence-electron chi connectivity index (χ0n) is 11.0. The average molecular weight is 249 g/mol. The van der Waals surface area contributed by atoms with E-state index >= 15 is 0 Å². The van der Waals surface area contributed by atoms with E-state index in [0.29, 0.717) is 6.04 Å². The molecule has 0 spiro atoms. The highest BCUT2D eigenvalue weighted by atomic mass is 16.3. The van der Waals surface area contributed by atoms with Crippen LogP contribution in [0.4, 0.5) is 0 Å². The molecule has 2 fully saturated rings. The fourth-order valence-corrected chi connectivity index (χ4v) is 3.33. The summed E-state index contributed by atoms with van der Waals surface area (Å²) in [5.41, 5.74) is 1.32. The van der Waals surface area contributed by atoms with Gasteiger partial charge in [0.2, 0.25) is 0 Å². The van der Waals surface area contributed by atoms with Gasteiger partial charge in [-0.05, 0) is 19.3 Å². The lowest BCUT2D eigenvalue weighted by Crippen LogP contribution is -2.24. The third kappa shape index (κ3) is 2.59. The van der Waals surface area contributed by atoms with Gasteiger partial charge in [-0.3, -0.25) is 4.90 Å². The molecule has 1 aliphatic heterocycles. The number of aromatic nitrogens is 2. The van der Waals surface area contributed by atoms with Gasteiger partial charge in [0.25, 0.3) is 0 Å². The minimum Gasteiger partial charge on any atom is -0.392 e. The Morgan fingerprint density at radius 1 is 1.22 bits per heavy atom. The SMILES string of the molecule is O[C@@H]1CCN(Cc2cncn2C2CCCCC2)C1. The van der Waals surface area contributed by atoms with Crippen molar-refractivity contribution in [3.05, 3.63) is 18.2 Å². The zero-order chi connectivity index (χ0) is 12.4. The molecule has 1 aromatic rings. The molecule has 0 bridgehead atoms. The normalized spacial score (nSPS) is 26.8. The molecule has 0 aromatic carbocycles. The Hall–Kier alpha value is -0.870. The molecular weight excluding hydrogens is 226 g/mol. The quantitative estimate of drug-likeness (QED) is 0.890. The van der Waals surface area contributed by atoms with Crippen molar-refractivity contribution in [2.24, 2.45) is 0 Å². The highest BCUT2D eigenvalue weighted by Gasteiger charge is 2.23. The molecule has 100 valence electrons. The number of rotatable bonds is 3. The van der Waals surface area contributed by atoms with Crippen molar-refractivity contribution in [2.75, 3.05) is 13.1 Å². The molecule has 0 radical (unpaired) electrons. The van der Waals surface area contributed by atoms with Crippen LogP contribution >= 0.6 is 0 Å². The lowest BCUT2D eigenvalue weighted by atomic mass is 9.95. The van der Waals surface area contributed by atoms with Crippen LogP contribution in [0.5, 0.6) is 0 Å². The Balaban J connectivity index is 1.67. The number of aliphatic hydroxyl groups is 1. The maximum atomic E-state index is 9.58. The fraction of sp³-hybridized carbons (Fsp3) is 0.786. The van der Waals surface area contributed by atoms with Gasteiger partial charge in [-0.25, -0.2) is 4.98 Å². The smallest absolute Gasteiger partial charge is 0.0951 e. The molecule has 3 rings (SSSR count). The van der Waals surface area contributed by atoms with Gasteiger partial charge >= 0.3 is 0 Å². The Kier molecular flexibility index (Phi) is 3.66. The summed E-state index contributed by atoms with van der Waals surface area (Å²) in [4.78, 5) is 6.67. The molecule has 2 aliphatic rings. The molecule has 1 saturated carbocycles. The van der Waals surface area contributed by atoms with E-state index in [9.17, 15) is 5.11 Å². The van der Waals surface area contributed by atoms with Crippen LogP contribution in [0.15, 0.2) is 12.5 Å². The van der Waals surface area contributed by atoms with Crippen LogP contribution in [0.3, 0.4) is 0 Å². The molecule has 1 aliphatic carbocycles. The van der Waals surface area contributed by atoms with Gasteiger partial charge in [-0.15, -0.1) is 0 Å². The van der Waals surface area contributed by atoms with E-state index in [1.807, 2.05) is 12.5 Å². The largest absolute Gasteiger partial charge is 0.392 e. The predicted octanol–water partition coefficient (Wildman–Crippen LogP) is 1.95. The Morgan fingerprint density at radius 3 is 2.78 bits per heavy atom.